The normalized spacial score (nSPS) is 14.4. The van der Waals surface area contributed by atoms with Crippen molar-refractivity contribution >= 4 is 29.9 Å². The van der Waals surface area contributed by atoms with E-state index < -0.39 is 0 Å². The molecule has 1 aromatic heterocycles. The molecule has 2 N–H and O–H groups in total. The summed E-state index contributed by atoms with van der Waals surface area (Å²) in [5, 5.41) is 6.81. The molecule has 0 aliphatic heterocycles. The Morgan fingerprint density at radius 3 is 2.66 bits per heavy atom. The number of aliphatic imine (C=N–C) groups is 1. The molecule has 0 saturated heterocycles. The predicted octanol–water partition coefficient (Wildman–Crippen LogP) is 4.55. The average Bonchev–Trinajstić information content (AvgIpc) is 3.20. The van der Waals surface area contributed by atoms with Crippen molar-refractivity contribution in [1.29, 1.82) is 0 Å². The van der Waals surface area contributed by atoms with Crippen molar-refractivity contribution in [3.05, 3.63) is 58.9 Å². The Kier molecular flexibility index (Phi) is 9.70. The zero-order valence-electron chi connectivity index (χ0n) is 17.7. The van der Waals surface area contributed by atoms with Crippen LogP contribution in [0.2, 0.25) is 0 Å². The van der Waals surface area contributed by atoms with E-state index in [2.05, 4.69) is 58.7 Å². The van der Waals surface area contributed by atoms with Crippen LogP contribution in [0.1, 0.15) is 47.9 Å². The Balaban J connectivity index is 0.00000300. The van der Waals surface area contributed by atoms with Crippen molar-refractivity contribution in [2.24, 2.45) is 4.99 Å². The van der Waals surface area contributed by atoms with E-state index in [-0.39, 0.29) is 24.0 Å². The fourth-order valence-electron chi connectivity index (χ4n) is 3.60. The molecule has 0 spiro atoms. The molecule has 2 aromatic rings. The number of benzene rings is 1. The fraction of sp³-hybridized carbons (Fsp3) is 0.478. The number of hydrogen-bond donors (Lipinski definition) is 2. The minimum Gasteiger partial charge on any atom is -0.490 e. The first-order valence-electron chi connectivity index (χ1n) is 10.3. The molecule has 0 atom stereocenters. The zero-order chi connectivity index (χ0) is 19.8. The molecule has 5 nitrogen and oxygen atoms in total. The lowest BCUT2D eigenvalue weighted by Crippen LogP contribution is -2.38. The molecule has 3 rings (SSSR count). The fourth-order valence-corrected chi connectivity index (χ4v) is 3.60. The lowest BCUT2D eigenvalue weighted by Gasteiger charge is -2.18. The molecule has 0 bridgehead atoms. The molecule has 0 amide bonds. The highest BCUT2D eigenvalue weighted by Gasteiger charge is 2.18. The Morgan fingerprint density at radius 1 is 1.14 bits per heavy atom. The van der Waals surface area contributed by atoms with E-state index in [1.165, 1.54) is 47.9 Å². The maximum Gasteiger partial charge on any atom is 0.191 e. The van der Waals surface area contributed by atoms with Gasteiger partial charge in [-0.1, -0.05) is 12.1 Å². The van der Waals surface area contributed by atoms with Gasteiger partial charge in [0.05, 0.1) is 6.10 Å². The summed E-state index contributed by atoms with van der Waals surface area (Å²) in [5.74, 6) is 1.81. The number of aryl methyl sites for hydroxylation is 2. The second-order valence-corrected chi connectivity index (χ2v) is 7.54. The van der Waals surface area contributed by atoms with Crippen molar-refractivity contribution in [2.45, 2.75) is 58.6 Å². The van der Waals surface area contributed by atoms with E-state index in [1.807, 2.05) is 12.4 Å². The Hall–Kier alpha value is -1.83. The van der Waals surface area contributed by atoms with Gasteiger partial charge in [0.25, 0.3) is 0 Å². The van der Waals surface area contributed by atoms with Crippen LogP contribution in [0.15, 0.2) is 41.7 Å². The first-order chi connectivity index (χ1) is 13.7. The molecule has 1 saturated carbocycles. The molecule has 1 fully saturated rings. The maximum absolute atomic E-state index is 6.30. The van der Waals surface area contributed by atoms with E-state index in [0.29, 0.717) is 12.6 Å². The first kappa shape index (κ1) is 23.4. The van der Waals surface area contributed by atoms with Gasteiger partial charge >= 0.3 is 0 Å². The quantitative estimate of drug-likeness (QED) is 0.328. The molecule has 1 aliphatic carbocycles. The van der Waals surface area contributed by atoms with E-state index >= 15 is 0 Å². The number of ether oxygens (including phenoxy) is 1. The number of halogens is 1. The molecule has 6 heteroatoms. The topological polar surface area (TPSA) is 58.5 Å². The van der Waals surface area contributed by atoms with E-state index in [0.717, 1.165) is 24.7 Å². The number of nitrogens with one attached hydrogen (secondary N) is 2. The van der Waals surface area contributed by atoms with Crippen molar-refractivity contribution in [3.63, 3.8) is 0 Å². The van der Waals surface area contributed by atoms with Crippen molar-refractivity contribution in [3.8, 4) is 5.75 Å². The van der Waals surface area contributed by atoms with Gasteiger partial charge in [-0.3, -0.25) is 9.98 Å². The molecular weight excluding hydrogens is 475 g/mol. The van der Waals surface area contributed by atoms with Crippen LogP contribution in [0.4, 0.5) is 0 Å². The molecule has 1 aromatic carbocycles. The highest BCUT2D eigenvalue weighted by Crippen LogP contribution is 2.27. The summed E-state index contributed by atoms with van der Waals surface area (Å²) >= 11 is 0. The third-order valence-corrected chi connectivity index (χ3v) is 5.31. The third kappa shape index (κ3) is 7.17. The summed E-state index contributed by atoms with van der Waals surface area (Å²) in [6.07, 6.45) is 9.94. The third-order valence-electron chi connectivity index (χ3n) is 5.31. The van der Waals surface area contributed by atoms with Gasteiger partial charge in [-0.2, -0.15) is 0 Å². The van der Waals surface area contributed by atoms with Crippen molar-refractivity contribution < 1.29 is 4.74 Å². The van der Waals surface area contributed by atoms with Gasteiger partial charge < -0.3 is 15.4 Å². The van der Waals surface area contributed by atoms with Crippen LogP contribution in [0, 0.1) is 13.8 Å². The maximum atomic E-state index is 6.30. The molecule has 29 heavy (non-hydrogen) atoms. The number of nitrogens with zero attached hydrogens (tertiary/aromatic N) is 2. The molecular formula is C23H33IN4O. The molecule has 0 radical (unpaired) electrons. The Labute approximate surface area is 191 Å². The lowest BCUT2D eigenvalue weighted by molar-refractivity contribution is 0.207. The minimum atomic E-state index is 0. The second-order valence-electron chi connectivity index (χ2n) is 7.54. The van der Waals surface area contributed by atoms with Crippen LogP contribution in [0.25, 0.3) is 0 Å². The van der Waals surface area contributed by atoms with Gasteiger partial charge in [0, 0.05) is 38.1 Å². The summed E-state index contributed by atoms with van der Waals surface area (Å²) in [5.41, 5.74) is 4.93. The molecule has 1 aliphatic rings. The number of hydrogen-bond acceptors (Lipinski definition) is 3. The van der Waals surface area contributed by atoms with E-state index in [4.69, 9.17) is 4.74 Å². The van der Waals surface area contributed by atoms with Gasteiger partial charge in [0.15, 0.2) is 5.96 Å². The van der Waals surface area contributed by atoms with Crippen molar-refractivity contribution in [2.75, 3.05) is 13.6 Å². The summed E-state index contributed by atoms with van der Waals surface area (Å²) in [4.78, 5) is 8.50. The van der Waals surface area contributed by atoms with Gasteiger partial charge in [-0.15, -0.1) is 24.0 Å². The summed E-state index contributed by atoms with van der Waals surface area (Å²) in [6, 6.07) is 8.52. The first-order valence-corrected chi connectivity index (χ1v) is 10.3. The summed E-state index contributed by atoms with van der Waals surface area (Å²) in [7, 11) is 1.80. The molecule has 158 valence electrons. The second kappa shape index (κ2) is 12.0. The summed E-state index contributed by atoms with van der Waals surface area (Å²) in [6.45, 7) is 5.72. The monoisotopic (exact) mass is 508 g/mol. The van der Waals surface area contributed by atoms with Crippen LogP contribution in [-0.4, -0.2) is 30.6 Å². The van der Waals surface area contributed by atoms with Crippen LogP contribution < -0.4 is 15.4 Å². The Bertz CT molecular complexity index is 803. The van der Waals surface area contributed by atoms with Crippen LogP contribution in [0.3, 0.4) is 0 Å². The smallest absolute Gasteiger partial charge is 0.191 e. The van der Waals surface area contributed by atoms with Gasteiger partial charge in [-0.05, 0) is 74.8 Å². The highest BCUT2D eigenvalue weighted by molar-refractivity contribution is 14.0. The van der Waals surface area contributed by atoms with Crippen molar-refractivity contribution in [1.82, 2.24) is 15.6 Å². The molecule has 1 heterocycles. The number of aromatic nitrogens is 1. The standard InChI is InChI=1S/C23H32N4O.HI/c1-17-8-9-20(22(14-17)28-21-6-4-5-7-21)16-27-23(24-3)26-13-11-19-10-12-25-15-18(19)2;/h8-10,12,14-15,21H,4-7,11,13,16H2,1-3H3,(H2,24,26,27);1H. The number of rotatable bonds is 7. The number of pyridine rings is 1. The average molecular weight is 508 g/mol. The highest BCUT2D eigenvalue weighted by atomic mass is 127. The van der Waals surface area contributed by atoms with Crippen LogP contribution in [0.5, 0.6) is 5.75 Å². The van der Waals surface area contributed by atoms with E-state index in [9.17, 15) is 0 Å². The largest absolute Gasteiger partial charge is 0.490 e. The lowest BCUT2D eigenvalue weighted by atomic mass is 10.1. The molecule has 0 unspecified atom stereocenters. The Morgan fingerprint density at radius 2 is 1.93 bits per heavy atom. The van der Waals surface area contributed by atoms with E-state index in [1.54, 1.807) is 7.05 Å². The number of guanidine groups is 1. The minimum absolute atomic E-state index is 0. The van der Waals surface area contributed by atoms with Gasteiger partial charge in [0.2, 0.25) is 0 Å². The zero-order valence-corrected chi connectivity index (χ0v) is 20.0. The van der Waals surface area contributed by atoms with Gasteiger partial charge in [0.1, 0.15) is 5.75 Å². The van der Waals surface area contributed by atoms with Crippen LogP contribution >= 0.6 is 24.0 Å². The van der Waals surface area contributed by atoms with Crippen LogP contribution in [-0.2, 0) is 13.0 Å². The van der Waals surface area contributed by atoms with Gasteiger partial charge in [-0.25, -0.2) is 0 Å². The predicted molar refractivity (Wildman–Crippen MR) is 130 cm³/mol. The SMILES string of the molecule is CN=C(NCCc1ccncc1C)NCc1ccc(C)cc1OC1CCCC1.I. The summed E-state index contributed by atoms with van der Waals surface area (Å²) < 4.78 is 6.30.